The van der Waals surface area contributed by atoms with Gasteiger partial charge in [-0.3, -0.25) is 0 Å². The van der Waals surface area contributed by atoms with E-state index in [2.05, 4.69) is 89.1 Å². The molecule has 1 aromatic carbocycles. The summed E-state index contributed by atoms with van der Waals surface area (Å²) in [6, 6.07) is 9.09. The lowest BCUT2D eigenvalue weighted by atomic mass is 9.86. The standard InChI is InChI=1S/C29H43NO.C2H6/c1-8-12-15-26-22-27(9-2)31-29(10-3,11-4)20-13-14-21-30(26)23-24-16-18-25(19-17-24)28(5,6)7;1-2/h8,12,15-19H,1,9-11,13-14,20-21,23H2,2-7H3;1-2H3/b15-12-;. The maximum Gasteiger partial charge on any atom is 0.141 e. The van der Waals surface area contributed by atoms with E-state index in [0.29, 0.717) is 0 Å². The molecular weight excluding hydrogens is 402 g/mol. The fourth-order valence-corrected chi connectivity index (χ4v) is 4.14. The van der Waals surface area contributed by atoms with Crippen molar-refractivity contribution in [2.45, 2.75) is 111 Å². The summed E-state index contributed by atoms with van der Waals surface area (Å²) in [6.45, 7) is 23.2. The molecule has 2 rings (SSSR count). The molecule has 0 amide bonds. The first kappa shape index (κ1) is 28.9. The highest BCUT2D eigenvalue weighted by molar-refractivity contribution is 5.29. The summed E-state index contributed by atoms with van der Waals surface area (Å²) in [5.41, 5.74) is 7.54. The molecule has 0 aromatic heterocycles. The van der Waals surface area contributed by atoms with Gasteiger partial charge in [-0.1, -0.05) is 104 Å². The van der Waals surface area contributed by atoms with Crippen LogP contribution in [0.25, 0.3) is 0 Å². The molecule has 1 aliphatic heterocycles. The van der Waals surface area contributed by atoms with Crippen LogP contribution in [0.5, 0.6) is 0 Å². The minimum Gasteiger partial charge on any atom is -0.484 e. The van der Waals surface area contributed by atoms with Crippen molar-refractivity contribution < 1.29 is 4.74 Å². The molecule has 2 nitrogen and oxygen atoms in total. The van der Waals surface area contributed by atoms with Crippen LogP contribution in [-0.4, -0.2) is 17.0 Å². The SMILES string of the molecule is C=C/C=C\C1=C=C(CC)OC(CC)(CC)CCCCN1Cc1ccc(C(C)(C)C)cc1.CC. The van der Waals surface area contributed by atoms with Crippen LogP contribution >= 0.6 is 0 Å². The van der Waals surface area contributed by atoms with E-state index < -0.39 is 0 Å². The molecule has 0 spiro atoms. The molecule has 1 aliphatic rings. The Labute approximate surface area is 205 Å². The molecule has 1 heterocycles. The van der Waals surface area contributed by atoms with Crippen LogP contribution in [0.2, 0.25) is 0 Å². The summed E-state index contributed by atoms with van der Waals surface area (Å²) in [5.74, 6) is 0.961. The Kier molecular flexibility index (Phi) is 12.4. The third kappa shape index (κ3) is 8.94. The van der Waals surface area contributed by atoms with Crippen LogP contribution in [0, 0.1) is 0 Å². The van der Waals surface area contributed by atoms with Crippen molar-refractivity contribution >= 4 is 0 Å². The topological polar surface area (TPSA) is 12.5 Å². The van der Waals surface area contributed by atoms with E-state index in [1.165, 1.54) is 17.5 Å². The average molecular weight is 452 g/mol. The van der Waals surface area contributed by atoms with Crippen LogP contribution in [0.3, 0.4) is 0 Å². The van der Waals surface area contributed by atoms with E-state index in [1.807, 2.05) is 26.0 Å². The number of benzene rings is 1. The smallest absolute Gasteiger partial charge is 0.141 e. The van der Waals surface area contributed by atoms with E-state index in [1.54, 1.807) is 0 Å². The normalized spacial score (nSPS) is 16.8. The number of nitrogens with zero attached hydrogens (tertiary/aromatic N) is 1. The molecule has 0 aliphatic carbocycles. The van der Waals surface area contributed by atoms with Crippen molar-refractivity contribution in [1.29, 1.82) is 0 Å². The summed E-state index contributed by atoms with van der Waals surface area (Å²) in [7, 11) is 0. The Bertz CT molecular complexity index is 796. The van der Waals surface area contributed by atoms with Crippen LogP contribution in [-0.2, 0) is 16.7 Å². The molecule has 2 heteroatoms. The summed E-state index contributed by atoms with van der Waals surface area (Å²) in [5, 5.41) is 0. The van der Waals surface area contributed by atoms with Gasteiger partial charge < -0.3 is 9.64 Å². The monoisotopic (exact) mass is 451 g/mol. The molecule has 0 unspecified atom stereocenters. The maximum atomic E-state index is 6.62. The van der Waals surface area contributed by atoms with E-state index in [-0.39, 0.29) is 11.0 Å². The quantitative estimate of drug-likeness (QED) is 0.303. The lowest BCUT2D eigenvalue weighted by Gasteiger charge is -2.35. The third-order valence-electron chi connectivity index (χ3n) is 6.45. The Hall–Kier alpha value is -2.18. The maximum absolute atomic E-state index is 6.62. The van der Waals surface area contributed by atoms with Crippen molar-refractivity contribution in [3.8, 4) is 0 Å². The van der Waals surface area contributed by atoms with Gasteiger partial charge >= 0.3 is 0 Å². The highest BCUT2D eigenvalue weighted by Gasteiger charge is 2.29. The predicted octanol–water partition coefficient (Wildman–Crippen LogP) is 9.09. The molecular formula is C31H49NO. The van der Waals surface area contributed by atoms with Gasteiger partial charge in [0.25, 0.3) is 0 Å². The van der Waals surface area contributed by atoms with Gasteiger partial charge in [0.1, 0.15) is 11.4 Å². The lowest BCUT2D eigenvalue weighted by molar-refractivity contribution is -0.0183. The number of hydrogen-bond donors (Lipinski definition) is 0. The van der Waals surface area contributed by atoms with Gasteiger partial charge in [0.2, 0.25) is 0 Å². The first-order chi connectivity index (χ1) is 15.8. The van der Waals surface area contributed by atoms with Gasteiger partial charge in [-0.15, -0.1) is 0 Å². The zero-order chi connectivity index (χ0) is 24.9. The van der Waals surface area contributed by atoms with Crippen molar-refractivity contribution in [2.75, 3.05) is 6.54 Å². The zero-order valence-corrected chi connectivity index (χ0v) is 22.8. The predicted molar refractivity (Wildman–Crippen MR) is 145 cm³/mol. The molecule has 0 N–H and O–H groups in total. The van der Waals surface area contributed by atoms with E-state index in [9.17, 15) is 0 Å². The van der Waals surface area contributed by atoms with Gasteiger partial charge in [-0.2, -0.15) is 0 Å². The highest BCUT2D eigenvalue weighted by Crippen LogP contribution is 2.32. The molecule has 1 aromatic rings. The van der Waals surface area contributed by atoms with Gasteiger partial charge in [-0.25, -0.2) is 0 Å². The van der Waals surface area contributed by atoms with E-state index >= 15 is 0 Å². The summed E-state index contributed by atoms with van der Waals surface area (Å²) >= 11 is 0. The number of allylic oxidation sites excluding steroid dienone is 3. The molecule has 0 saturated heterocycles. The van der Waals surface area contributed by atoms with Crippen molar-refractivity contribution in [2.24, 2.45) is 0 Å². The van der Waals surface area contributed by atoms with Crippen molar-refractivity contribution in [3.05, 3.63) is 77.4 Å². The Balaban J connectivity index is 0.00000265. The molecule has 33 heavy (non-hydrogen) atoms. The van der Waals surface area contributed by atoms with Crippen molar-refractivity contribution in [1.82, 2.24) is 4.90 Å². The second-order valence-corrected chi connectivity index (χ2v) is 9.70. The second-order valence-electron chi connectivity index (χ2n) is 9.70. The molecule has 0 fully saturated rings. The first-order valence-corrected chi connectivity index (χ1v) is 13.1. The van der Waals surface area contributed by atoms with Gasteiger partial charge in [0, 0.05) is 19.5 Å². The van der Waals surface area contributed by atoms with Crippen LogP contribution < -0.4 is 0 Å². The number of ether oxygens (including phenoxy) is 1. The van der Waals surface area contributed by atoms with E-state index in [0.717, 1.165) is 56.6 Å². The van der Waals surface area contributed by atoms with Crippen molar-refractivity contribution in [3.63, 3.8) is 0 Å². The highest BCUT2D eigenvalue weighted by atomic mass is 16.5. The molecule has 0 bridgehead atoms. The van der Waals surface area contributed by atoms with E-state index in [4.69, 9.17) is 4.74 Å². The molecule has 0 radical (unpaired) electrons. The molecule has 184 valence electrons. The Morgan fingerprint density at radius 3 is 2.21 bits per heavy atom. The number of rotatable bonds is 7. The van der Waals surface area contributed by atoms with Crippen LogP contribution in [0.1, 0.15) is 105 Å². The van der Waals surface area contributed by atoms with Gasteiger partial charge in [-0.05, 0) is 54.7 Å². The number of hydrogen-bond acceptors (Lipinski definition) is 2. The van der Waals surface area contributed by atoms with Gasteiger partial charge in [0.05, 0.1) is 5.70 Å². The van der Waals surface area contributed by atoms with Crippen LogP contribution in [0.4, 0.5) is 0 Å². The summed E-state index contributed by atoms with van der Waals surface area (Å²) in [4.78, 5) is 2.44. The fourth-order valence-electron chi connectivity index (χ4n) is 4.14. The average Bonchev–Trinajstić information content (AvgIpc) is 2.83. The van der Waals surface area contributed by atoms with Crippen LogP contribution in [0.15, 0.2) is 66.3 Å². The zero-order valence-electron chi connectivity index (χ0n) is 22.8. The first-order valence-electron chi connectivity index (χ1n) is 13.1. The summed E-state index contributed by atoms with van der Waals surface area (Å²) in [6.07, 6.45) is 12.3. The Morgan fingerprint density at radius 1 is 1.06 bits per heavy atom. The molecule has 0 atom stereocenters. The largest absolute Gasteiger partial charge is 0.484 e. The molecule has 0 saturated carbocycles. The third-order valence-corrected chi connectivity index (χ3v) is 6.45. The Morgan fingerprint density at radius 2 is 1.70 bits per heavy atom. The van der Waals surface area contributed by atoms with Gasteiger partial charge in [0.15, 0.2) is 0 Å². The fraction of sp³-hybridized carbons (Fsp3) is 0.581. The minimum atomic E-state index is -0.0590. The minimum absolute atomic E-state index is 0.0590. The summed E-state index contributed by atoms with van der Waals surface area (Å²) < 4.78 is 6.62. The second kappa shape index (κ2) is 14.2. The lowest BCUT2D eigenvalue weighted by Crippen LogP contribution is -2.32.